The van der Waals surface area contributed by atoms with Gasteiger partial charge in [0.15, 0.2) is 28.5 Å². The lowest BCUT2D eigenvalue weighted by Crippen LogP contribution is -2.42. The van der Waals surface area contributed by atoms with Gasteiger partial charge in [-0.3, -0.25) is 4.79 Å². The van der Waals surface area contributed by atoms with Crippen LogP contribution in [0.4, 0.5) is 22.2 Å². The van der Waals surface area contributed by atoms with Crippen molar-refractivity contribution in [3.05, 3.63) is 90.3 Å². The fourth-order valence-electron chi connectivity index (χ4n) is 7.71. The molecule has 300 valence electrons. The highest BCUT2D eigenvalue weighted by Crippen LogP contribution is 2.40. The topological polar surface area (TPSA) is 197 Å². The zero-order valence-electron chi connectivity index (χ0n) is 32.4. The predicted octanol–water partition coefficient (Wildman–Crippen LogP) is 4.06. The van der Waals surface area contributed by atoms with Crippen LogP contribution in [-0.4, -0.2) is 107 Å². The fraction of sp³-hybridized carbons (Fsp3) is 0.390. The van der Waals surface area contributed by atoms with Gasteiger partial charge in [-0.15, -0.1) is 0 Å². The second-order valence-electron chi connectivity index (χ2n) is 14.2. The molecule has 57 heavy (non-hydrogen) atoms. The van der Waals surface area contributed by atoms with Gasteiger partial charge in [-0.05, 0) is 24.0 Å². The summed E-state index contributed by atoms with van der Waals surface area (Å²) in [5.74, 6) is 1.94. The third-order valence-corrected chi connectivity index (χ3v) is 10.7. The number of carbonyl (C=O) groups is 2. The largest absolute Gasteiger partial charge is 0.493 e. The lowest BCUT2D eigenvalue weighted by atomic mass is 9.91. The van der Waals surface area contributed by atoms with Gasteiger partial charge >= 0.3 is 6.03 Å². The van der Waals surface area contributed by atoms with E-state index < -0.39 is 30.3 Å². The van der Waals surface area contributed by atoms with E-state index in [-0.39, 0.29) is 30.7 Å². The molecule has 1 aliphatic carbocycles. The van der Waals surface area contributed by atoms with Crippen molar-refractivity contribution in [3.63, 3.8) is 0 Å². The molecule has 1 saturated heterocycles. The molecule has 1 aliphatic heterocycles. The van der Waals surface area contributed by atoms with Gasteiger partial charge < -0.3 is 55.2 Å². The molecule has 3 heterocycles. The highest BCUT2D eigenvalue weighted by atomic mass is 16.5. The van der Waals surface area contributed by atoms with Crippen LogP contribution in [0.1, 0.15) is 49.3 Å². The number of benzene rings is 3. The van der Waals surface area contributed by atoms with Crippen molar-refractivity contribution in [2.24, 2.45) is 0 Å². The number of aliphatic hydroxyl groups is 2. The molecule has 2 fully saturated rings. The van der Waals surface area contributed by atoms with Crippen LogP contribution in [0.25, 0.3) is 11.2 Å². The van der Waals surface area contributed by atoms with Gasteiger partial charge in [0.2, 0.25) is 17.6 Å². The van der Waals surface area contributed by atoms with Crippen molar-refractivity contribution < 1.29 is 34.0 Å². The third kappa shape index (κ3) is 8.37. The van der Waals surface area contributed by atoms with E-state index in [9.17, 15) is 19.8 Å². The van der Waals surface area contributed by atoms with Crippen LogP contribution in [0, 0.1) is 0 Å². The van der Waals surface area contributed by atoms with Gasteiger partial charge in [-0.1, -0.05) is 67.6 Å². The maximum absolute atomic E-state index is 13.2. The van der Waals surface area contributed by atoms with Gasteiger partial charge in [-0.25, -0.2) is 9.78 Å². The van der Waals surface area contributed by atoms with Crippen molar-refractivity contribution in [3.8, 4) is 17.2 Å². The molecule has 2 aliphatic rings. The van der Waals surface area contributed by atoms with Gasteiger partial charge in [0.1, 0.15) is 12.2 Å². The van der Waals surface area contributed by atoms with Crippen LogP contribution < -0.4 is 40.4 Å². The minimum absolute atomic E-state index is 0.0118. The maximum atomic E-state index is 13.2. The molecule has 6 N–H and O–H groups in total. The Balaban J connectivity index is 1.16. The normalized spacial score (nSPS) is 20.4. The maximum Gasteiger partial charge on any atom is 0.319 e. The zero-order valence-corrected chi connectivity index (χ0v) is 32.4. The van der Waals surface area contributed by atoms with Crippen LogP contribution in [-0.2, 0) is 4.79 Å². The second-order valence-corrected chi connectivity index (χ2v) is 14.2. The molecule has 16 heteroatoms. The molecule has 2 aromatic heterocycles. The summed E-state index contributed by atoms with van der Waals surface area (Å²) in [7, 11) is 4.53. The Labute approximate surface area is 330 Å². The number of ether oxygens (including phenoxy) is 3. The Hall–Kier alpha value is -6.13. The summed E-state index contributed by atoms with van der Waals surface area (Å²) >= 11 is 0. The summed E-state index contributed by atoms with van der Waals surface area (Å²) in [5.41, 5.74) is 3.70. The standard InChI is InChI=1S/C41H49N9O7/c1-5-33(51)46-29-20-30(36(53)35(29)52)50-23-43-34-38(42-21-28(24-12-8-6-9-13-24)25-14-10-7-11-15-25)47-40(48-39(34)50)49-17-16-26(22-49)44-41(54)45-27-18-31(55-2)37(57-4)32(19-27)56-3/h6-15,18-19,23,26,28-30,35-36,52-53H,5,16-17,20-22H2,1-4H3,(H,46,51)(H,42,47,48)(H2,44,45,54)/t26-,29+,30-,35-,36+/m1/s1. The average molecular weight is 780 g/mol. The van der Waals surface area contributed by atoms with Crippen LogP contribution in [0.2, 0.25) is 0 Å². The summed E-state index contributed by atoms with van der Waals surface area (Å²) in [6.07, 6.45) is 0.424. The molecule has 0 bridgehead atoms. The highest BCUT2D eigenvalue weighted by molar-refractivity contribution is 5.90. The number of fused-ring (bicyclic) bond motifs is 1. The van der Waals surface area contributed by atoms with Crippen LogP contribution >= 0.6 is 0 Å². The first-order valence-corrected chi connectivity index (χ1v) is 19.1. The number of carbonyl (C=O) groups excluding carboxylic acids is 2. The molecule has 3 aromatic carbocycles. The number of nitrogens with one attached hydrogen (secondary N) is 4. The molecule has 0 spiro atoms. The summed E-state index contributed by atoms with van der Waals surface area (Å²) in [6, 6.07) is 21.9. The molecule has 7 rings (SSSR count). The molecule has 1 saturated carbocycles. The van der Waals surface area contributed by atoms with E-state index in [1.165, 1.54) is 21.3 Å². The van der Waals surface area contributed by atoms with Gasteiger partial charge in [0.05, 0.1) is 45.4 Å². The van der Waals surface area contributed by atoms with E-state index in [1.54, 1.807) is 30.0 Å². The summed E-state index contributed by atoms with van der Waals surface area (Å²) < 4.78 is 18.0. The Morgan fingerprint density at radius 2 is 1.56 bits per heavy atom. The lowest BCUT2D eigenvalue weighted by Gasteiger charge is -2.22. The number of anilines is 3. The number of urea groups is 1. The van der Waals surface area contributed by atoms with Gasteiger partial charge in [-0.2, -0.15) is 9.97 Å². The monoisotopic (exact) mass is 779 g/mol. The number of methoxy groups -OCH3 is 3. The number of hydrogen-bond acceptors (Lipinski definition) is 12. The van der Waals surface area contributed by atoms with Crippen molar-refractivity contribution in [2.45, 2.75) is 62.4 Å². The molecule has 0 radical (unpaired) electrons. The number of nitrogens with zero attached hydrogens (tertiary/aromatic N) is 5. The molecule has 5 atom stereocenters. The van der Waals surface area contributed by atoms with Crippen molar-refractivity contribution in [1.82, 2.24) is 30.2 Å². The van der Waals surface area contributed by atoms with E-state index in [0.717, 1.165) is 11.1 Å². The first kappa shape index (κ1) is 39.1. The third-order valence-electron chi connectivity index (χ3n) is 10.7. The molecular formula is C41H49N9O7. The van der Waals surface area contributed by atoms with E-state index in [1.807, 2.05) is 41.3 Å². The van der Waals surface area contributed by atoms with Crippen LogP contribution in [0.3, 0.4) is 0 Å². The Bertz CT molecular complexity index is 2110. The minimum atomic E-state index is -1.18. The number of hydrogen-bond donors (Lipinski definition) is 6. The van der Waals surface area contributed by atoms with Crippen molar-refractivity contribution >= 4 is 40.6 Å². The predicted molar refractivity (Wildman–Crippen MR) is 215 cm³/mol. The van der Waals surface area contributed by atoms with Crippen molar-refractivity contribution in [2.75, 3.05) is 56.5 Å². The molecule has 3 amide bonds. The first-order chi connectivity index (χ1) is 27.7. The molecule has 5 aromatic rings. The molecular weight excluding hydrogens is 731 g/mol. The summed E-state index contributed by atoms with van der Waals surface area (Å²) in [6.45, 7) is 3.21. The smallest absolute Gasteiger partial charge is 0.319 e. The average Bonchev–Trinajstić information content (AvgIpc) is 3.95. The number of aromatic nitrogens is 4. The number of imidazole rings is 1. The molecule has 0 unspecified atom stereocenters. The Kier molecular flexibility index (Phi) is 11.9. The van der Waals surface area contributed by atoms with E-state index in [2.05, 4.69) is 45.5 Å². The number of rotatable bonds is 14. The zero-order chi connectivity index (χ0) is 40.1. The SMILES string of the molecule is CCC(=O)N[C@H]1C[C@@H](n2cnc3c(NCC(c4ccccc4)c4ccccc4)nc(N4CC[C@@H](NC(=O)Nc5cc(OC)c(OC)c(OC)c5)C4)nc32)[C@H](O)[C@@H]1O. The van der Waals surface area contributed by atoms with E-state index >= 15 is 0 Å². The lowest BCUT2D eigenvalue weighted by molar-refractivity contribution is -0.122. The Morgan fingerprint density at radius 3 is 2.18 bits per heavy atom. The Morgan fingerprint density at radius 1 is 0.895 bits per heavy atom. The van der Waals surface area contributed by atoms with E-state index in [0.29, 0.717) is 71.9 Å². The van der Waals surface area contributed by atoms with Gasteiger partial charge in [0, 0.05) is 50.1 Å². The number of aliphatic hydroxyl groups excluding tert-OH is 2. The van der Waals surface area contributed by atoms with Crippen LogP contribution in [0.15, 0.2) is 79.1 Å². The molecule has 16 nitrogen and oxygen atoms in total. The van der Waals surface area contributed by atoms with Gasteiger partial charge in [0.25, 0.3) is 0 Å². The summed E-state index contributed by atoms with van der Waals surface area (Å²) in [5, 5.41) is 34.5. The first-order valence-electron chi connectivity index (χ1n) is 19.1. The quantitative estimate of drug-likeness (QED) is 0.0948. The minimum Gasteiger partial charge on any atom is -0.493 e. The van der Waals surface area contributed by atoms with E-state index in [4.69, 9.17) is 29.2 Å². The highest BCUT2D eigenvalue weighted by Gasteiger charge is 2.44. The van der Waals surface area contributed by atoms with Crippen LogP contribution in [0.5, 0.6) is 17.2 Å². The number of amides is 3. The fourth-order valence-corrected chi connectivity index (χ4v) is 7.71. The summed E-state index contributed by atoms with van der Waals surface area (Å²) in [4.78, 5) is 42.2. The second kappa shape index (κ2) is 17.3. The van der Waals surface area contributed by atoms with Crippen molar-refractivity contribution in [1.29, 1.82) is 0 Å².